The highest BCUT2D eigenvalue weighted by Gasteiger charge is 2.26. The first kappa shape index (κ1) is 12.7. The van der Waals surface area contributed by atoms with Gasteiger partial charge in [-0.1, -0.05) is 6.92 Å². The molecular weight excluding hydrogens is 222 g/mol. The molecule has 0 saturated heterocycles. The number of nitrogens with one attached hydrogen (secondary N) is 1. The zero-order chi connectivity index (χ0) is 12.2. The van der Waals surface area contributed by atoms with Gasteiger partial charge in [-0.3, -0.25) is 4.79 Å². The van der Waals surface area contributed by atoms with Gasteiger partial charge < -0.3 is 5.32 Å². The second kappa shape index (κ2) is 5.08. The predicted molar refractivity (Wildman–Crippen MR) is 62.7 cm³/mol. The number of nitrogens with zero attached hydrogens (tertiary/aromatic N) is 2. The average Bonchev–Trinajstić information content (AvgIpc) is 2.73. The molecule has 0 aliphatic carbocycles. The van der Waals surface area contributed by atoms with E-state index in [0.717, 1.165) is 11.4 Å². The van der Waals surface area contributed by atoms with Crippen LogP contribution in [-0.2, 0) is 17.8 Å². The van der Waals surface area contributed by atoms with E-state index in [2.05, 4.69) is 17.2 Å². The highest BCUT2D eigenvalue weighted by atomic mass is 32.1. The van der Waals surface area contributed by atoms with Crippen LogP contribution in [0, 0.1) is 16.7 Å². The minimum absolute atomic E-state index is 0.261. The van der Waals surface area contributed by atoms with Crippen molar-refractivity contribution in [3.63, 3.8) is 0 Å². The summed E-state index contributed by atoms with van der Waals surface area (Å²) in [6.07, 6.45) is 2.77. The fourth-order valence-corrected chi connectivity index (χ4v) is 1.82. The van der Waals surface area contributed by atoms with Gasteiger partial charge in [-0.05, 0) is 20.3 Å². The third-order valence-corrected chi connectivity index (χ3v) is 3.34. The minimum atomic E-state index is -0.981. The average molecular weight is 237 g/mol. The van der Waals surface area contributed by atoms with Gasteiger partial charge >= 0.3 is 0 Å². The summed E-state index contributed by atoms with van der Waals surface area (Å²) in [6.45, 7) is 5.66. The number of aromatic nitrogens is 1. The monoisotopic (exact) mass is 237 g/mol. The third kappa shape index (κ3) is 3.04. The van der Waals surface area contributed by atoms with Gasteiger partial charge in [0.15, 0.2) is 0 Å². The molecule has 0 atom stereocenters. The molecule has 1 heterocycles. The number of nitriles is 1. The Morgan fingerprint density at radius 2 is 2.38 bits per heavy atom. The van der Waals surface area contributed by atoms with Gasteiger partial charge in [0, 0.05) is 11.1 Å². The SMILES string of the molecule is CCc1cnc(CNC(=O)C(C)(C)C#N)s1. The van der Waals surface area contributed by atoms with E-state index in [4.69, 9.17) is 5.26 Å². The standard InChI is InChI=1S/C11H15N3OS/c1-4-8-5-13-9(16-8)6-14-10(15)11(2,3)7-12/h5H,4,6H2,1-3H3,(H,14,15). The molecule has 0 radical (unpaired) electrons. The number of carbonyl (C=O) groups is 1. The van der Waals surface area contributed by atoms with E-state index in [1.165, 1.54) is 4.88 Å². The largest absolute Gasteiger partial charge is 0.348 e. The molecule has 0 unspecified atom stereocenters. The van der Waals surface area contributed by atoms with E-state index >= 15 is 0 Å². The lowest BCUT2D eigenvalue weighted by Crippen LogP contribution is -2.35. The van der Waals surface area contributed by atoms with Gasteiger partial charge in [-0.25, -0.2) is 4.98 Å². The summed E-state index contributed by atoms with van der Waals surface area (Å²) in [7, 11) is 0. The molecule has 86 valence electrons. The molecule has 1 aromatic rings. The second-order valence-corrected chi connectivity index (χ2v) is 5.19. The highest BCUT2D eigenvalue weighted by Crippen LogP contribution is 2.15. The lowest BCUT2D eigenvalue weighted by atomic mass is 9.95. The quantitative estimate of drug-likeness (QED) is 0.869. The summed E-state index contributed by atoms with van der Waals surface area (Å²) in [5.74, 6) is -0.261. The van der Waals surface area contributed by atoms with Crippen molar-refractivity contribution in [1.82, 2.24) is 10.3 Å². The number of hydrogen-bond donors (Lipinski definition) is 1. The van der Waals surface area contributed by atoms with Gasteiger partial charge in [0.05, 0.1) is 12.6 Å². The third-order valence-electron chi connectivity index (χ3n) is 2.20. The number of hydrogen-bond acceptors (Lipinski definition) is 4. The van der Waals surface area contributed by atoms with Crippen molar-refractivity contribution in [1.29, 1.82) is 5.26 Å². The number of carbonyl (C=O) groups excluding carboxylic acids is 1. The molecule has 1 amide bonds. The number of aryl methyl sites for hydroxylation is 1. The smallest absolute Gasteiger partial charge is 0.240 e. The summed E-state index contributed by atoms with van der Waals surface area (Å²) < 4.78 is 0. The van der Waals surface area contributed by atoms with Crippen LogP contribution in [0.2, 0.25) is 0 Å². The zero-order valence-corrected chi connectivity index (χ0v) is 10.5. The van der Waals surface area contributed by atoms with Crippen LogP contribution in [0.3, 0.4) is 0 Å². The molecule has 1 rings (SSSR count). The van der Waals surface area contributed by atoms with Gasteiger partial charge in [0.1, 0.15) is 10.4 Å². The van der Waals surface area contributed by atoms with E-state index in [1.807, 2.05) is 12.3 Å². The van der Waals surface area contributed by atoms with Gasteiger partial charge in [0.2, 0.25) is 5.91 Å². The summed E-state index contributed by atoms with van der Waals surface area (Å²) in [5, 5.41) is 12.4. The highest BCUT2D eigenvalue weighted by molar-refractivity contribution is 7.11. The minimum Gasteiger partial charge on any atom is -0.348 e. The Kier molecular flexibility index (Phi) is 4.02. The van der Waals surface area contributed by atoms with E-state index in [-0.39, 0.29) is 5.91 Å². The lowest BCUT2D eigenvalue weighted by molar-refractivity contribution is -0.126. The van der Waals surface area contributed by atoms with E-state index in [1.54, 1.807) is 25.2 Å². The van der Waals surface area contributed by atoms with Crippen LogP contribution in [0.5, 0.6) is 0 Å². The molecule has 0 spiro atoms. The summed E-state index contributed by atoms with van der Waals surface area (Å²) >= 11 is 1.58. The number of amides is 1. The lowest BCUT2D eigenvalue weighted by Gasteiger charge is -2.13. The molecular formula is C11H15N3OS. The van der Waals surface area contributed by atoms with Crippen LogP contribution < -0.4 is 5.32 Å². The molecule has 1 aromatic heterocycles. The van der Waals surface area contributed by atoms with Crippen molar-refractivity contribution >= 4 is 17.2 Å². The molecule has 16 heavy (non-hydrogen) atoms. The molecule has 4 nitrogen and oxygen atoms in total. The van der Waals surface area contributed by atoms with Gasteiger partial charge in [0.25, 0.3) is 0 Å². The van der Waals surface area contributed by atoms with Crippen molar-refractivity contribution in [2.45, 2.75) is 33.7 Å². The van der Waals surface area contributed by atoms with E-state index in [0.29, 0.717) is 6.54 Å². The van der Waals surface area contributed by atoms with Crippen LogP contribution in [-0.4, -0.2) is 10.9 Å². The first-order chi connectivity index (χ1) is 7.49. The fourth-order valence-electron chi connectivity index (χ4n) is 1.02. The zero-order valence-electron chi connectivity index (χ0n) is 9.70. The Morgan fingerprint density at radius 1 is 1.69 bits per heavy atom. The normalized spacial score (nSPS) is 10.9. The number of rotatable bonds is 4. The first-order valence-corrected chi connectivity index (χ1v) is 5.94. The molecule has 0 fully saturated rings. The Hall–Kier alpha value is -1.41. The summed E-state index contributed by atoms with van der Waals surface area (Å²) in [5.41, 5.74) is -0.981. The van der Waals surface area contributed by atoms with Crippen molar-refractivity contribution in [2.24, 2.45) is 5.41 Å². The molecule has 0 aliphatic rings. The van der Waals surface area contributed by atoms with Crippen LogP contribution in [0.4, 0.5) is 0 Å². The van der Waals surface area contributed by atoms with Gasteiger partial charge in [-0.15, -0.1) is 11.3 Å². The van der Waals surface area contributed by atoms with Gasteiger partial charge in [-0.2, -0.15) is 5.26 Å². The summed E-state index contributed by atoms with van der Waals surface area (Å²) in [6, 6.07) is 1.96. The maximum Gasteiger partial charge on any atom is 0.240 e. The predicted octanol–water partition coefficient (Wildman–Crippen LogP) is 1.87. The second-order valence-electron chi connectivity index (χ2n) is 3.99. The molecule has 0 aliphatic heterocycles. The van der Waals surface area contributed by atoms with Crippen LogP contribution in [0.1, 0.15) is 30.7 Å². The van der Waals surface area contributed by atoms with Crippen LogP contribution >= 0.6 is 11.3 Å². The molecule has 0 bridgehead atoms. The number of thiazole rings is 1. The maximum atomic E-state index is 11.6. The molecule has 0 saturated carbocycles. The molecule has 1 N–H and O–H groups in total. The first-order valence-electron chi connectivity index (χ1n) is 5.12. The topological polar surface area (TPSA) is 65.8 Å². The summed E-state index contributed by atoms with van der Waals surface area (Å²) in [4.78, 5) is 17.0. The van der Waals surface area contributed by atoms with Crippen molar-refractivity contribution < 1.29 is 4.79 Å². The molecule has 0 aromatic carbocycles. The Balaban J connectivity index is 2.53. The fraction of sp³-hybridized carbons (Fsp3) is 0.545. The van der Waals surface area contributed by atoms with E-state index < -0.39 is 5.41 Å². The van der Waals surface area contributed by atoms with Crippen LogP contribution in [0.15, 0.2) is 6.20 Å². The Labute approximate surface area is 99.3 Å². The Morgan fingerprint density at radius 3 is 2.88 bits per heavy atom. The van der Waals surface area contributed by atoms with Crippen LogP contribution in [0.25, 0.3) is 0 Å². The molecule has 5 heteroatoms. The Bertz CT molecular complexity index is 417. The van der Waals surface area contributed by atoms with Crippen molar-refractivity contribution in [2.75, 3.05) is 0 Å². The van der Waals surface area contributed by atoms with Crippen molar-refractivity contribution in [3.05, 3.63) is 16.1 Å². The maximum absolute atomic E-state index is 11.6. The van der Waals surface area contributed by atoms with Crippen molar-refractivity contribution in [3.8, 4) is 6.07 Å². The van der Waals surface area contributed by atoms with E-state index in [9.17, 15) is 4.79 Å².